The molecule has 1 aliphatic carbocycles. The molecule has 2 aromatic heterocycles. The van der Waals surface area contributed by atoms with E-state index in [2.05, 4.69) is 20.4 Å². The van der Waals surface area contributed by atoms with E-state index in [1.54, 1.807) is 36.1 Å². The number of hydrogen-bond donors (Lipinski definition) is 1. The summed E-state index contributed by atoms with van der Waals surface area (Å²) in [5.74, 6) is 0.110. The molecule has 1 aromatic carbocycles. The van der Waals surface area contributed by atoms with Gasteiger partial charge in [0.1, 0.15) is 11.5 Å². The molecule has 0 amide bonds. The number of aliphatic imine (C=N–C) groups is 1. The monoisotopic (exact) mass is 528 g/mol. The van der Waals surface area contributed by atoms with Gasteiger partial charge in [0.05, 0.1) is 46.6 Å². The number of aryl methyl sites for hydroxylation is 1. The van der Waals surface area contributed by atoms with Gasteiger partial charge in [-0.15, -0.1) is 0 Å². The second-order valence-corrected chi connectivity index (χ2v) is 11.5. The van der Waals surface area contributed by atoms with Gasteiger partial charge < -0.3 is 5.32 Å². The SMILES string of the molecule is CN(c1cc(-c2cnn(C)c2)ccc1Nc1cc(CC(=O)C2CC2)nc2c1N=C(C(F)F)C2)S(C)(=O)=O. The number of fused-ring (bicyclic) bond motifs is 1. The molecule has 3 heterocycles. The molecule has 0 atom stereocenters. The molecule has 0 spiro atoms. The molecule has 0 bridgehead atoms. The lowest BCUT2D eigenvalue weighted by atomic mass is 10.1. The number of nitrogens with one attached hydrogen (secondary N) is 1. The minimum Gasteiger partial charge on any atom is -0.352 e. The number of hydrogen-bond acceptors (Lipinski definition) is 7. The van der Waals surface area contributed by atoms with Gasteiger partial charge in [0.25, 0.3) is 6.43 Å². The Hall–Kier alpha value is -3.67. The third-order valence-electron chi connectivity index (χ3n) is 6.50. The second kappa shape index (κ2) is 9.33. The Kier molecular flexibility index (Phi) is 6.30. The fourth-order valence-corrected chi connectivity index (χ4v) is 4.77. The van der Waals surface area contributed by atoms with Crippen molar-refractivity contribution < 1.29 is 22.0 Å². The van der Waals surface area contributed by atoms with Crippen LogP contribution in [-0.4, -0.2) is 54.4 Å². The lowest BCUT2D eigenvalue weighted by Gasteiger charge is -2.22. The van der Waals surface area contributed by atoms with Gasteiger partial charge in [0, 0.05) is 44.6 Å². The van der Waals surface area contributed by atoms with E-state index in [1.165, 1.54) is 7.05 Å². The zero-order valence-electron chi connectivity index (χ0n) is 20.6. The van der Waals surface area contributed by atoms with Crippen molar-refractivity contribution in [1.82, 2.24) is 14.8 Å². The summed E-state index contributed by atoms with van der Waals surface area (Å²) in [7, 11) is -0.412. The van der Waals surface area contributed by atoms with Crippen LogP contribution in [0.5, 0.6) is 0 Å². The van der Waals surface area contributed by atoms with E-state index in [1.807, 2.05) is 12.3 Å². The molecule has 0 saturated heterocycles. The summed E-state index contributed by atoms with van der Waals surface area (Å²) in [6.07, 6.45) is 3.56. The van der Waals surface area contributed by atoms with Crippen LogP contribution >= 0.6 is 0 Å². The van der Waals surface area contributed by atoms with Crippen LogP contribution in [0.15, 0.2) is 41.7 Å². The zero-order valence-corrected chi connectivity index (χ0v) is 21.4. The first-order chi connectivity index (χ1) is 17.5. The van der Waals surface area contributed by atoms with Gasteiger partial charge in [0.15, 0.2) is 0 Å². The van der Waals surface area contributed by atoms with E-state index in [9.17, 15) is 22.0 Å². The minimum absolute atomic E-state index is 0.0365. The largest absolute Gasteiger partial charge is 0.352 e. The predicted octanol–water partition coefficient (Wildman–Crippen LogP) is 4.04. The van der Waals surface area contributed by atoms with Crippen molar-refractivity contribution in [1.29, 1.82) is 0 Å². The number of nitrogens with zero attached hydrogens (tertiary/aromatic N) is 5. The number of sulfonamides is 1. The van der Waals surface area contributed by atoms with Crippen LogP contribution < -0.4 is 9.62 Å². The standard InChI is InChI=1S/C25H26F2N6O3S/c1-32-13-16(12-28-32)15-6-7-18(22(8-15)33(2)37(3,35)36)30-19-9-17(10-23(34)14-4-5-14)29-20-11-21(25(26)27)31-24(19)20/h6-9,12-14,25H,4-5,10-11H2,1-3H3,(H,29,30). The number of carbonyl (C=O) groups is 1. The Labute approximate surface area is 213 Å². The summed E-state index contributed by atoms with van der Waals surface area (Å²) >= 11 is 0. The third-order valence-corrected chi connectivity index (χ3v) is 7.70. The second-order valence-electron chi connectivity index (χ2n) is 9.44. The quantitative estimate of drug-likeness (QED) is 0.449. The number of ketones is 1. The number of carbonyl (C=O) groups excluding carboxylic acids is 1. The summed E-state index contributed by atoms with van der Waals surface area (Å²) in [6, 6.07) is 6.88. The normalized spacial score (nSPS) is 15.0. The highest BCUT2D eigenvalue weighted by molar-refractivity contribution is 7.92. The van der Waals surface area contributed by atoms with Gasteiger partial charge in [-0.05, 0) is 36.6 Å². The van der Waals surface area contributed by atoms with Crippen molar-refractivity contribution in [3.63, 3.8) is 0 Å². The molecule has 0 radical (unpaired) electrons. The van der Waals surface area contributed by atoms with E-state index >= 15 is 0 Å². The summed E-state index contributed by atoms with van der Waals surface area (Å²) < 4.78 is 54.7. The maximum atomic E-state index is 13.5. The lowest BCUT2D eigenvalue weighted by Crippen LogP contribution is -2.25. The fraction of sp³-hybridized carbons (Fsp3) is 0.360. The van der Waals surface area contributed by atoms with E-state index in [4.69, 9.17) is 0 Å². The Morgan fingerprint density at radius 2 is 1.97 bits per heavy atom. The molecule has 3 aromatic rings. The predicted molar refractivity (Wildman–Crippen MR) is 138 cm³/mol. The maximum Gasteiger partial charge on any atom is 0.277 e. The molecule has 1 aliphatic heterocycles. The highest BCUT2D eigenvalue weighted by atomic mass is 32.2. The van der Waals surface area contributed by atoms with Gasteiger partial charge in [-0.1, -0.05) is 6.07 Å². The molecule has 1 saturated carbocycles. The van der Waals surface area contributed by atoms with Crippen molar-refractivity contribution in [2.45, 2.75) is 32.1 Å². The maximum absolute atomic E-state index is 13.5. The molecular weight excluding hydrogens is 502 g/mol. The number of aromatic nitrogens is 3. The van der Waals surface area contributed by atoms with Crippen molar-refractivity contribution in [3.8, 4) is 11.1 Å². The number of alkyl halides is 2. The topological polar surface area (TPSA) is 110 Å². The van der Waals surface area contributed by atoms with Crippen LogP contribution in [0.1, 0.15) is 24.2 Å². The van der Waals surface area contributed by atoms with Crippen molar-refractivity contribution >= 4 is 44.3 Å². The Balaban J connectivity index is 1.58. The molecule has 1 fully saturated rings. The fourth-order valence-electron chi connectivity index (χ4n) is 4.26. The van der Waals surface area contributed by atoms with Crippen LogP contribution in [0.2, 0.25) is 0 Å². The van der Waals surface area contributed by atoms with Gasteiger partial charge in [0.2, 0.25) is 10.0 Å². The molecule has 12 heteroatoms. The molecule has 37 heavy (non-hydrogen) atoms. The third kappa shape index (κ3) is 5.24. The highest BCUT2D eigenvalue weighted by Crippen LogP contribution is 2.41. The lowest BCUT2D eigenvalue weighted by molar-refractivity contribution is -0.119. The smallest absolute Gasteiger partial charge is 0.277 e. The summed E-state index contributed by atoms with van der Waals surface area (Å²) in [5, 5.41) is 7.37. The molecule has 2 aliphatic rings. The molecule has 194 valence electrons. The Morgan fingerprint density at radius 1 is 1.22 bits per heavy atom. The average molecular weight is 529 g/mol. The zero-order chi connectivity index (χ0) is 26.5. The van der Waals surface area contributed by atoms with Gasteiger partial charge in [-0.3, -0.25) is 18.8 Å². The van der Waals surface area contributed by atoms with Crippen LogP contribution in [-0.2, 0) is 34.7 Å². The number of Topliss-reactive ketones (excluding diaryl/α,β-unsaturated/α-hetero) is 1. The number of rotatable bonds is 9. The molecule has 9 nitrogen and oxygen atoms in total. The number of pyridine rings is 1. The highest BCUT2D eigenvalue weighted by Gasteiger charge is 2.31. The number of halogens is 2. The summed E-state index contributed by atoms with van der Waals surface area (Å²) in [4.78, 5) is 21.0. The van der Waals surface area contributed by atoms with E-state index < -0.39 is 16.4 Å². The van der Waals surface area contributed by atoms with Gasteiger partial charge in [-0.2, -0.15) is 5.10 Å². The average Bonchev–Trinajstić information content (AvgIpc) is 3.45. The summed E-state index contributed by atoms with van der Waals surface area (Å²) in [6.45, 7) is 0. The molecular formula is C25H26F2N6O3S. The van der Waals surface area contributed by atoms with E-state index in [0.717, 1.165) is 34.5 Å². The van der Waals surface area contributed by atoms with Crippen LogP contribution in [0.25, 0.3) is 11.1 Å². The Morgan fingerprint density at radius 3 is 2.59 bits per heavy atom. The van der Waals surface area contributed by atoms with Crippen molar-refractivity contribution in [2.24, 2.45) is 18.0 Å². The number of benzene rings is 1. The van der Waals surface area contributed by atoms with Crippen molar-refractivity contribution in [3.05, 3.63) is 48.0 Å². The molecule has 1 N–H and O–H groups in total. The first-order valence-electron chi connectivity index (χ1n) is 11.7. The van der Waals surface area contributed by atoms with E-state index in [-0.39, 0.29) is 35.9 Å². The van der Waals surface area contributed by atoms with Crippen LogP contribution in [0, 0.1) is 5.92 Å². The van der Waals surface area contributed by atoms with Crippen molar-refractivity contribution in [2.75, 3.05) is 22.9 Å². The van der Waals surface area contributed by atoms with Crippen LogP contribution in [0.3, 0.4) is 0 Å². The van der Waals surface area contributed by atoms with Gasteiger partial charge in [-0.25, -0.2) is 22.2 Å². The molecule has 5 rings (SSSR count). The minimum atomic E-state index is -3.63. The van der Waals surface area contributed by atoms with Gasteiger partial charge >= 0.3 is 0 Å². The number of anilines is 3. The van der Waals surface area contributed by atoms with E-state index in [0.29, 0.717) is 28.5 Å². The first-order valence-corrected chi connectivity index (χ1v) is 13.6. The Bertz CT molecular complexity index is 1530. The van der Waals surface area contributed by atoms with Crippen LogP contribution in [0.4, 0.5) is 31.5 Å². The summed E-state index contributed by atoms with van der Waals surface area (Å²) in [5.41, 5.74) is 3.51. The first kappa shape index (κ1) is 25.0. The molecule has 0 unspecified atom stereocenters.